The van der Waals surface area contributed by atoms with Crippen LogP contribution in [0.4, 0.5) is 11.4 Å². The van der Waals surface area contributed by atoms with E-state index < -0.39 is 0 Å². The second-order valence-electron chi connectivity index (χ2n) is 3.85. The van der Waals surface area contributed by atoms with Crippen LogP contribution in [0.2, 0.25) is 5.02 Å². The van der Waals surface area contributed by atoms with Crippen molar-refractivity contribution in [2.75, 3.05) is 11.1 Å². The van der Waals surface area contributed by atoms with Gasteiger partial charge in [-0.1, -0.05) is 17.7 Å². The molecule has 2 rings (SSSR count). The highest BCUT2D eigenvalue weighted by atomic mass is 35.5. The number of para-hydroxylation sites is 1. The maximum absolute atomic E-state index is 12.0. The molecule has 1 heterocycles. The summed E-state index contributed by atoms with van der Waals surface area (Å²) in [6.45, 7) is 1.85. The van der Waals surface area contributed by atoms with Crippen molar-refractivity contribution in [2.45, 2.75) is 6.92 Å². The summed E-state index contributed by atoms with van der Waals surface area (Å²) >= 11 is 5.98. The molecule has 0 spiro atoms. The van der Waals surface area contributed by atoms with Gasteiger partial charge < -0.3 is 11.1 Å². The van der Waals surface area contributed by atoms with Gasteiger partial charge in [0, 0.05) is 11.9 Å². The van der Waals surface area contributed by atoms with Gasteiger partial charge in [-0.05, 0) is 31.2 Å². The van der Waals surface area contributed by atoms with Crippen molar-refractivity contribution < 1.29 is 4.79 Å². The van der Waals surface area contributed by atoms with Crippen LogP contribution in [0.3, 0.4) is 0 Å². The lowest BCUT2D eigenvalue weighted by molar-refractivity contribution is 0.102. The van der Waals surface area contributed by atoms with Crippen LogP contribution in [0.25, 0.3) is 0 Å². The smallest absolute Gasteiger partial charge is 0.257 e. The first-order valence-electron chi connectivity index (χ1n) is 5.36. The van der Waals surface area contributed by atoms with E-state index in [0.717, 1.165) is 5.69 Å². The first kappa shape index (κ1) is 12.4. The maximum Gasteiger partial charge on any atom is 0.257 e. The Morgan fingerprint density at radius 1 is 1.33 bits per heavy atom. The molecule has 2 aromatic rings. The van der Waals surface area contributed by atoms with Crippen molar-refractivity contribution in [2.24, 2.45) is 0 Å². The Labute approximate surface area is 110 Å². The van der Waals surface area contributed by atoms with E-state index in [9.17, 15) is 4.79 Å². The summed E-state index contributed by atoms with van der Waals surface area (Å²) < 4.78 is 0. The minimum atomic E-state index is -0.290. The van der Waals surface area contributed by atoms with Crippen molar-refractivity contribution in [1.29, 1.82) is 0 Å². The van der Waals surface area contributed by atoms with Crippen LogP contribution in [0, 0.1) is 6.92 Å². The summed E-state index contributed by atoms with van der Waals surface area (Å²) in [4.78, 5) is 16.0. The number of pyridine rings is 1. The molecule has 0 aliphatic heterocycles. The Balaban J connectivity index is 2.24. The highest BCUT2D eigenvalue weighted by Gasteiger charge is 2.10. The van der Waals surface area contributed by atoms with Gasteiger partial charge >= 0.3 is 0 Å². The van der Waals surface area contributed by atoms with Crippen LogP contribution in [0.15, 0.2) is 36.5 Å². The lowest BCUT2D eigenvalue weighted by Crippen LogP contribution is -2.13. The maximum atomic E-state index is 12.0. The largest absolute Gasteiger partial charge is 0.397 e. The van der Waals surface area contributed by atoms with E-state index in [2.05, 4.69) is 10.3 Å². The third-order valence-electron chi connectivity index (χ3n) is 2.46. The van der Waals surface area contributed by atoms with E-state index in [-0.39, 0.29) is 5.91 Å². The fraction of sp³-hybridized carbons (Fsp3) is 0.0769. The Hall–Kier alpha value is -2.07. The Kier molecular flexibility index (Phi) is 3.48. The SMILES string of the molecule is Cc1ccc(C(=O)Nc2c(N)cccc2Cl)cn1. The van der Waals surface area contributed by atoms with Gasteiger partial charge in [0.15, 0.2) is 0 Å². The number of nitrogens with one attached hydrogen (secondary N) is 1. The number of carbonyl (C=O) groups is 1. The van der Waals surface area contributed by atoms with Crippen molar-refractivity contribution in [3.8, 4) is 0 Å². The summed E-state index contributed by atoms with van der Waals surface area (Å²) in [5.74, 6) is -0.290. The molecule has 0 saturated carbocycles. The fourth-order valence-electron chi connectivity index (χ4n) is 1.46. The van der Waals surface area contributed by atoms with E-state index in [4.69, 9.17) is 17.3 Å². The lowest BCUT2D eigenvalue weighted by atomic mass is 10.2. The second kappa shape index (κ2) is 5.06. The van der Waals surface area contributed by atoms with Crippen molar-refractivity contribution in [3.63, 3.8) is 0 Å². The van der Waals surface area contributed by atoms with Crippen LogP contribution in [0.5, 0.6) is 0 Å². The second-order valence-corrected chi connectivity index (χ2v) is 4.25. The number of rotatable bonds is 2. The van der Waals surface area contributed by atoms with E-state index in [1.165, 1.54) is 6.20 Å². The molecule has 4 nitrogen and oxygen atoms in total. The predicted molar refractivity (Wildman–Crippen MR) is 72.8 cm³/mol. The average molecular weight is 262 g/mol. The van der Waals surface area contributed by atoms with Gasteiger partial charge in [0.1, 0.15) is 0 Å². The Morgan fingerprint density at radius 2 is 2.11 bits per heavy atom. The van der Waals surface area contributed by atoms with Crippen molar-refractivity contribution in [3.05, 3.63) is 52.8 Å². The zero-order valence-electron chi connectivity index (χ0n) is 9.77. The number of benzene rings is 1. The standard InChI is InChI=1S/C13H12ClN3O/c1-8-5-6-9(7-16-8)13(18)17-12-10(14)3-2-4-11(12)15/h2-7H,15H2,1H3,(H,17,18). The molecule has 0 atom stereocenters. The minimum Gasteiger partial charge on any atom is -0.397 e. The molecule has 0 radical (unpaired) electrons. The molecule has 0 fully saturated rings. The number of carbonyl (C=O) groups excluding carboxylic acids is 1. The van der Waals surface area contributed by atoms with Gasteiger partial charge in [-0.25, -0.2) is 0 Å². The van der Waals surface area contributed by atoms with Gasteiger partial charge in [-0.2, -0.15) is 0 Å². The average Bonchev–Trinajstić information content (AvgIpc) is 2.34. The fourth-order valence-corrected chi connectivity index (χ4v) is 1.69. The summed E-state index contributed by atoms with van der Waals surface area (Å²) in [6, 6.07) is 8.53. The topological polar surface area (TPSA) is 68.0 Å². The monoisotopic (exact) mass is 261 g/mol. The number of hydrogen-bond acceptors (Lipinski definition) is 3. The molecule has 0 aliphatic rings. The summed E-state index contributed by atoms with van der Waals surface area (Å²) in [5.41, 5.74) is 7.91. The molecule has 1 amide bonds. The number of nitrogens with two attached hydrogens (primary N) is 1. The molecule has 5 heteroatoms. The molecule has 92 valence electrons. The van der Waals surface area contributed by atoms with Crippen LogP contribution < -0.4 is 11.1 Å². The molecule has 0 saturated heterocycles. The third kappa shape index (κ3) is 2.60. The normalized spacial score (nSPS) is 10.1. The minimum absolute atomic E-state index is 0.290. The van der Waals surface area contributed by atoms with Crippen molar-refractivity contribution >= 4 is 28.9 Å². The Bertz CT molecular complexity index is 561. The van der Waals surface area contributed by atoms with Gasteiger partial charge in [0.2, 0.25) is 0 Å². The first-order chi connectivity index (χ1) is 8.58. The lowest BCUT2D eigenvalue weighted by Gasteiger charge is -2.09. The first-order valence-corrected chi connectivity index (χ1v) is 5.73. The van der Waals surface area contributed by atoms with Gasteiger partial charge in [-0.3, -0.25) is 9.78 Å². The molecule has 0 bridgehead atoms. The van der Waals surface area contributed by atoms with E-state index in [0.29, 0.717) is 22.0 Å². The van der Waals surface area contributed by atoms with E-state index in [1.807, 2.05) is 6.92 Å². The zero-order chi connectivity index (χ0) is 13.1. The van der Waals surface area contributed by atoms with Crippen LogP contribution in [-0.2, 0) is 0 Å². The van der Waals surface area contributed by atoms with Gasteiger partial charge in [0.05, 0.1) is 22.0 Å². The van der Waals surface area contributed by atoms with Crippen molar-refractivity contribution in [1.82, 2.24) is 4.98 Å². The van der Waals surface area contributed by atoms with Gasteiger partial charge in [-0.15, -0.1) is 0 Å². The van der Waals surface area contributed by atoms with E-state index >= 15 is 0 Å². The van der Waals surface area contributed by atoms with Crippen LogP contribution in [0.1, 0.15) is 16.1 Å². The number of nitrogens with zero attached hydrogens (tertiary/aromatic N) is 1. The molecule has 0 unspecified atom stereocenters. The summed E-state index contributed by atoms with van der Waals surface area (Å²) in [7, 11) is 0. The molecule has 1 aromatic heterocycles. The molecule has 3 N–H and O–H groups in total. The summed E-state index contributed by atoms with van der Waals surface area (Å²) in [5, 5.41) is 3.08. The predicted octanol–water partition coefficient (Wildman–Crippen LogP) is 2.88. The molecular formula is C13H12ClN3O. The number of aryl methyl sites for hydroxylation is 1. The van der Waals surface area contributed by atoms with Crippen LogP contribution >= 0.6 is 11.6 Å². The number of amides is 1. The van der Waals surface area contributed by atoms with Gasteiger partial charge in [0.25, 0.3) is 5.91 Å². The highest BCUT2D eigenvalue weighted by molar-refractivity contribution is 6.34. The summed E-state index contributed by atoms with van der Waals surface area (Å²) in [6.07, 6.45) is 1.51. The number of aromatic nitrogens is 1. The number of halogens is 1. The molecule has 1 aromatic carbocycles. The number of hydrogen-bond donors (Lipinski definition) is 2. The number of anilines is 2. The third-order valence-corrected chi connectivity index (χ3v) is 2.77. The Morgan fingerprint density at radius 3 is 2.72 bits per heavy atom. The van der Waals surface area contributed by atoms with Crippen LogP contribution in [-0.4, -0.2) is 10.9 Å². The zero-order valence-corrected chi connectivity index (χ0v) is 10.5. The molecule has 18 heavy (non-hydrogen) atoms. The van der Waals surface area contributed by atoms with E-state index in [1.54, 1.807) is 30.3 Å². The molecule has 0 aliphatic carbocycles. The highest BCUT2D eigenvalue weighted by Crippen LogP contribution is 2.28. The molecular weight excluding hydrogens is 250 g/mol. The number of nitrogen functional groups attached to an aromatic ring is 1. The quantitative estimate of drug-likeness (QED) is 0.817.